The Bertz CT molecular complexity index is 1160. The Hall–Kier alpha value is -4.07. The number of ketones is 1. The van der Waals surface area contributed by atoms with Crippen molar-refractivity contribution in [2.24, 2.45) is 0 Å². The van der Waals surface area contributed by atoms with Crippen LogP contribution in [0.15, 0.2) is 54.6 Å². The van der Waals surface area contributed by atoms with E-state index >= 15 is 0 Å². The van der Waals surface area contributed by atoms with Gasteiger partial charge in [0, 0.05) is 22.6 Å². The Morgan fingerprint density at radius 1 is 0.879 bits per heavy atom. The number of rotatable bonds is 9. The van der Waals surface area contributed by atoms with Crippen molar-refractivity contribution in [1.82, 2.24) is 4.57 Å². The number of benzene rings is 2. The smallest absolute Gasteiger partial charge is 0.344 e. The Labute approximate surface area is 191 Å². The number of aryl methyl sites for hydroxylation is 1. The summed E-state index contributed by atoms with van der Waals surface area (Å²) in [6.07, 6.45) is 0. The minimum atomic E-state index is -0.665. The van der Waals surface area contributed by atoms with Gasteiger partial charge in [-0.25, -0.2) is 9.59 Å². The molecule has 0 aliphatic rings. The van der Waals surface area contributed by atoms with Crippen molar-refractivity contribution in [3.63, 3.8) is 0 Å². The monoisotopic (exact) mass is 451 g/mol. The van der Waals surface area contributed by atoms with Crippen LogP contribution in [0.5, 0.6) is 11.5 Å². The van der Waals surface area contributed by atoms with E-state index in [0.29, 0.717) is 28.3 Å². The van der Waals surface area contributed by atoms with Gasteiger partial charge in [-0.3, -0.25) is 4.79 Å². The number of carbonyl (C=O) groups excluding carboxylic acids is 3. The lowest BCUT2D eigenvalue weighted by Crippen LogP contribution is -2.20. The molecule has 0 atom stereocenters. The summed E-state index contributed by atoms with van der Waals surface area (Å²) in [7, 11) is 2.83. The molecule has 172 valence electrons. The van der Waals surface area contributed by atoms with Gasteiger partial charge in [0.2, 0.25) is 5.78 Å². The highest BCUT2D eigenvalue weighted by molar-refractivity contribution is 5.99. The first-order chi connectivity index (χ1) is 15.8. The minimum absolute atomic E-state index is 0.328. The van der Waals surface area contributed by atoms with Crippen LogP contribution in [0.1, 0.15) is 32.1 Å². The number of nitrogens with zero attached hydrogens (tertiary/aromatic N) is 1. The standard InChI is InChI=1S/C25H25NO7/c1-16-13-20(17(2)26(16)19-11-9-18(10-12-19)25(29)31-4)21(27)14-33-24(28)15-32-23-8-6-5-7-22(23)30-3/h5-13H,14-15H2,1-4H3. The molecule has 0 bridgehead atoms. The summed E-state index contributed by atoms with van der Waals surface area (Å²) >= 11 is 0. The van der Waals surface area contributed by atoms with Gasteiger partial charge in [0.05, 0.1) is 19.8 Å². The largest absolute Gasteiger partial charge is 0.493 e. The molecule has 0 aliphatic heterocycles. The molecule has 0 spiro atoms. The van der Waals surface area contributed by atoms with E-state index in [1.807, 2.05) is 11.5 Å². The molecule has 1 heterocycles. The molecule has 0 radical (unpaired) electrons. The molecule has 0 unspecified atom stereocenters. The number of methoxy groups -OCH3 is 2. The molecule has 33 heavy (non-hydrogen) atoms. The van der Waals surface area contributed by atoms with Crippen LogP contribution >= 0.6 is 0 Å². The maximum absolute atomic E-state index is 12.7. The van der Waals surface area contributed by atoms with Crippen LogP contribution in [0.3, 0.4) is 0 Å². The fourth-order valence-corrected chi connectivity index (χ4v) is 3.45. The summed E-state index contributed by atoms with van der Waals surface area (Å²) in [6, 6.07) is 15.5. The first-order valence-electron chi connectivity index (χ1n) is 10.2. The Kier molecular flexibility index (Phi) is 7.50. The van der Waals surface area contributed by atoms with E-state index in [2.05, 4.69) is 0 Å². The number of ether oxygens (including phenoxy) is 4. The summed E-state index contributed by atoms with van der Waals surface area (Å²) < 4.78 is 22.3. The number of aromatic nitrogens is 1. The second kappa shape index (κ2) is 10.5. The van der Waals surface area contributed by atoms with Crippen molar-refractivity contribution in [3.05, 3.63) is 77.1 Å². The number of hydrogen-bond donors (Lipinski definition) is 0. The van der Waals surface area contributed by atoms with E-state index in [4.69, 9.17) is 18.9 Å². The highest BCUT2D eigenvalue weighted by Crippen LogP contribution is 2.26. The molecule has 0 amide bonds. The summed E-state index contributed by atoms with van der Waals surface area (Å²) in [4.78, 5) is 36.4. The molecule has 0 aliphatic carbocycles. The van der Waals surface area contributed by atoms with Gasteiger partial charge >= 0.3 is 11.9 Å². The van der Waals surface area contributed by atoms with Crippen LogP contribution in [-0.2, 0) is 14.3 Å². The molecule has 1 aromatic heterocycles. The third kappa shape index (κ3) is 5.41. The van der Waals surface area contributed by atoms with Crippen molar-refractivity contribution in [1.29, 1.82) is 0 Å². The first kappa shape index (κ1) is 23.6. The molecule has 0 saturated heterocycles. The molecule has 8 nitrogen and oxygen atoms in total. The Morgan fingerprint density at radius 2 is 1.55 bits per heavy atom. The molecule has 2 aromatic carbocycles. The number of esters is 2. The van der Waals surface area contributed by atoms with Crippen LogP contribution < -0.4 is 9.47 Å². The summed E-state index contributed by atoms with van der Waals surface area (Å²) in [5.74, 6) is -0.513. The maximum Gasteiger partial charge on any atom is 0.344 e. The van der Waals surface area contributed by atoms with Crippen LogP contribution in [0.25, 0.3) is 5.69 Å². The van der Waals surface area contributed by atoms with Gasteiger partial charge < -0.3 is 23.5 Å². The second-order valence-corrected chi connectivity index (χ2v) is 7.18. The number of Topliss-reactive ketones (excluding diaryl/α,β-unsaturated/α-hetero) is 1. The minimum Gasteiger partial charge on any atom is -0.493 e. The number of hydrogen-bond acceptors (Lipinski definition) is 7. The normalized spacial score (nSPS) is 10.4. The second-order valence-electron chi connectivity index (χ2n) is 7.18. The lowest BCUT2D eigenvalue weighted by atomic mass is 10.1. The van der Waals surface area contributed by atoms with Gasteiger partial charge in [-0.1, -0.05) is 12.1 Å². The van der Waals surface area contributed by atoms with E-state index in [-0.39, 0.29) is 12.4 Å². The number of para-hydroxylation sites is 2. The van der Waals surface area contributed by atoms with Gasteiger partial charge in [0.15, 0.2) is 24.7 Å². The van der Waals surface area contributed by atoms with Crippen LogP contribution in [-0.4, -0.2) is 49.7 Å². The molecule has 8 heteroatoms. The SMILES string of the molecule is COC(=O)c1ccc(-n2c(C)cc(C(=O)COC(=O)COc3ccccc3OC)c2C)cc1. The van der Waals surface area contributed by atoms with Crippen LogP contribution in [0.4, 0.5) is 0 Å². The van der Waals surface area contributed by atoms with Crippen molar-refractivity contribution in [3.8, 4) is 17.2 Å². The third-order valence-electron chi connectivity index (χ3n) is 5.06. The highest BCUT2D eigenvalue weighted by atomic mass is 16.6. The summed E-state index contributed by atoms with van der Waals surface area (Å²) in [6.45, 7) is 2.92. The van der Waals surface area contributed by atoms with Gasteiger partial charge in [-0.05, 0) is 56.3 Å². The molecular formula is C25H25NO7. The van der Waals surface area contributed by atoms with E-state index < -0.39 is 18.5 Å². The average Bonchev–Trinajstić information content (AvgIpc) is 3.14. The number of carbonyl (C=O) groups is 3. The maximum atomic E-state index is 12.7. The predicted octanol–water partition coefficient (Wildman–Crippen LogP) is 3.69. The molecule has 3 rings (SSSR count). The summed E-state index contributed by atoms with van der Waals surface area (Å²) in [5.41, 5.74) is 3.20. The molecular weight excluding hydrogens is 426 g/mol. The summed E-state index contributed by atoms with van der Waals surface area (Å²) in [5, 5.41) is 0. The van der Waals surface area contributed by atoms with Crippen molar-refractivity contribution >= 4 is 17.7 Å². The Balaban J connectivity index is 1.64. The van der Waals surface area contributed by atoms with Gasteiger partial charge in [-0.2, -0.15) is 0 Å². The van der Waals surface area contributed by atoms with Crippen molar-refractivity contribution in [2.75, 3.05) is 27.4 Å². The van der Waals surface area contributed by atoms with E-state index in [0.717, 1.165) is 11.4 Å². The van der Waals surface area contributed by atoms with Gasteiger partial charge in [0.25, 0.3) is 0 Å². The third-order valence-corrected chi connectivity index (χ3v) is 5.06. The fourth-order valence-electron chi connectivity index (χ4n) is 3.45. The predicted molar refractivity (Wildman–Crippen MR) is 120 cm³/mol. The van der Waals surface area contributed by atoms with Gasteiger partial charge in [-0.15, -0.1) is 0 Å². The van der Waals surface area contributed by atoms with Crippen molar-refractivity contribution in [2.45, 2.75) is 13.8 Å². The van der Waals surface area contributed by atoms with E-state index in [1.165, 1.54) is 14.2 Å². The fraction of sp³-hybridized carbons (Fsp3) is 0.240. The first-order valence-corrected chi connectivity index (χ1v) is 10.2. The zero-order valence-electron chi connectivity index (χ0n) is 18.9. The lowest BCUT2D eigenvalue weighted by molar-refractivity contribution is -0.144. The van der Waals surface area contributed by atoms with Gasteiger partial charge in [0.1, 0.15) is 0 Å². The van der Waals surface area contributed by atoms with Crippen LogP contribution in [0.2, 0.25) is 0 Å². The lowest BCUT2D eigenvalue weighted by Gasteiger charge is -2.11. The van der Waals surface area contributed by atoms with E-state index in [9.17, 15) is 14.4 Å². The van der Waals surface area contributed by atoms with E-state index in [1.54, 1.807) is 61.5 Å². The average molecular weight is 451 g/mol. The Morgan fingerprint density at radius 3 is 2.18 bits per heavy atom. The van der Waals surface area contributed by atoms with Crippen LogP contribution in [0, 0.1) is 13.8 Å². The molecule has 0 N–H and O–H groups in total. The topological polar surface area (TPSA) is 93.1 Å². The van der Waals surface area contributed by atoms with Crippen molar-refractivity contribution < 1.29 is 33.3 Å². The molecule has 0 fully saturated rings. The quantitative estimate of drug-likeness (QED) is 0.362. The highest BCUT2D eigenvalue weighted by Gasteiger charge is 2.19. The molecule has 0 saturated carbocycles. The zero-order chi connectivity index (χ0) is 24.0. The zero-order valence-corrected chi connectivity index (χ0v) is 18.9. The molecule has 3 aromatic rings.